The molecule has 1 aliphatic rings. The topological polar surface area (TPSA) is 65.1 Å². The third-order valence-corrected chi connectivity index (χ3v) is 5.77. The maximum absolute atomic E-state index is 14.9. The number of anilines is 3. The fourth-order valence-corrected chi connectivity index (χ4v) is 3.91. The van der Waals surface area contributed by atoms with Gasteiger partial charge in [0.25, 0.3) is 0 Å². The number of aryl methyl sites for hydroxylation is 1. The summed E-state index contributed by atoms with van der Waals surface area (Å²) in [4.78, 5) is 10.8. The third-order valence-electron chi connectivity index (χ3n) is 5.77. The molecule has 4 rings (SSSR count). The number of nitrogens with zero attached hydrogens (tertiary/aromatic N) is 3. The first-order valence-corrected chi connectivity index (χ1v) is 11.1. The van der Waals surface area contributed by atoms with Crippen molar-refractivity contribution in [3.63, 3.8) is 0 Å². The Morgan fingerprint density at radius 2 is 1.94 bits per heavy atom. The molecule has 178 valence electrons. The lowest BCUT2D eigenvalue weighted by Crippen LogP contribution is -2.35. The number of fused-ring (bicyclic) bond motifs is 1. The number of terminal acetylenes is 1. The third kappa shape index (κ3) is 4.59. The Labute approximate surface area is 203 Å². The van der Waals surface area contributed by atoms with Gasteiger partial charge in [-0.1, -0.05) is 37.3 Å². The Kier molecular flexibility index (Phi) is 6.80. The average Bonchev–Trinajstić information content (AvgIpc) is 2.84. The van der Waals surface area contributed by atoms with Crippen molar-refractivity contribution < 1.29 is 8.78 Å². The van der Waals surface area contributed by atoms with E-state index in [4.69, 9.17) is 11.4 Å². The highest BCUT2D eigenvalue weighted by Crippen LogP contribution is 2.41. The van der Waals surface area contributed by atoms with Gasteiger partial charge < -0.3 is 16.0 Å². The van der Waals surface area contributed by atoms with E-state index in [1.807, 2.05) is 32.2 Å². The summed E-state index contributed by atoms with van der Waals surface area (Å²) in [6.45, 7) is 11.4. The van der Waals surface area contributed by atoms with Crippen LogP contribution in [0.4, 0.5) is 26.2 Å². The summed E-state index contributed by atoms with van der Waals surface area (Å²) in [5.41, 5.74) is 4.13. The summed E-state index contributed by atoms with van der Waals surface area (Å²) in [5.74, 6) is 2.09. The van der Waals surface area contributed by atoms with E-state index < -0.39 is 11.6 Å². The monoisotopic (exact) mass is 472 g/mol. The number of hydrogen-bond acceptors (Lipinski definition) is 6. The van der Waals surface area contributed by atoms with Crippen molar-refractivity contribution in [2.24, 2.45) is 0 Å². The molecule has 0 aliphatic carbocycles. The van der Waals surface area contributed by atoms with Crippen molar-refractivity contribution in [3.05, 3.63) is 83.7 Å². The van der Waals surface area contributed by atoms with Gasteiger partial charge in [0.1, 0.15) is 29.0 Å². The van der Waals surface area contributed by atoms with Crippen LogP contribution >= 0.6 is 0 Å². The van der Waals surface area contributed by atoms with Gasteiger partial charge in [0.2, 0.25) is 5.95 Å². The van der Waals surface area contributed by atoms with Gasteiger partial charge >= 0.3 is 0 Å². The lowest BCUT2D eigenvalue weighted by molar-refractivity contribution is 0.578. The van der Waals surface area contributed by atoms with Crippen molar-refractivity contribution in [2.75, 3.05) is 30.4 Å². The van der Waals surface area contributed by atoms with E-state index in [-0.39, 0.29) is 5.69 Å². The Bertz CT molecular complexity index is 1340. The van der Waals surface area contributed by atoms with E-state index in [1.165, 1.54) is 23.1 Å². The quantitative estimate of drug-likeness (QED) is 0.342. The molecule has 0 unspecified atom stereocenters. The molecule has 0 spiro atoms. The number of halogens is 2. The maximum Gasteiger partial charge on any atom is 0.225 e. The zero-order chi connectivity index (χ0) is 25.1. The fourth-order valence-electron chi connectivity index (χ4n) is 3.91. The van der Waals surface area contributed by atoms with Gasteiger partial charge in [-0.15, -0.1) is 6.42 Å². The second kappa shape index (κ2) is 9.95. The van der Waals surface area contributed by atoms with Crippen LogP contribution in [0.15, 0.2) is 55.4 Å². The molecule has 6 nitrogen and oxygen atoms in total. The molecule has 0 radical (unpaired) electrons. The van der Waals surface area contributed by atoms with Crippen LogP contribution < -0.4 is 20.9 Å². The largest absolute Gasteiger partial charge is 0.367 e. The molecule has 0 bridgehead atoms. The average molecular weight is 473 g/mol. The minimum absolute atomic E-state index is 0.261. The van der Waals surface area contributed by atoms with Gasteiger partial charge in [0, 0.05) is 36.3 Å². The Morgan fingerprint density at radius 1 is 1.20 bits per heavy atom. The summed E-state index contributed by atoms with van der Waals surface area (Å²) < 4.78 is 29.7. The number of allylic oxidation sites excluding steroid dienone is 1. The van der Waals surface area contributed by atoms with Gasteiger partial charge in [-0.3, -0.25) is 4.90 Å². The fraction of sp³-hybridized carbons (Fsp3) is 0.185. The zero-order valence-corrected chi connectivity index (χ0v) is 19.7. The molecule has 35 heavy (non-hydrogen) atoms. The highest BCUT2D eigenvalue weighted by atomic mass is 19.1. The standard InChI is InChI=1S/C27H26F2N6/c1-6-16(2)19-11-10-17(3)20(14-19)24-21-15-32-18(4)35(25-22(28)8-7-9-23(25)29)26(21)34-27(33-24)31-13-12-30-5/h1,7-11,14,30,32H,2,4,12-13,15H2,3,5H3,(H,31,33,34). The molecule has 2 aromatic carbocycles. The van der Waals surface area contributed by atoms with Gasteiger partial charge in [-0.25, -0.2) is 13.8 Å². The highest BCUT2D eigenvalue weighted by Gasteiger charge is 2.31. The normalized spacial score (nSPS) is 12.5. The van der Waals surface area contributed by atoms with Crippen molar-refractivity contribution in [2.45, 2.75) is 13.5 Å². The van der Waals surface area contributed by atoms with E-state index in [1.54, 1.807) is 0 Å². The van der Waals surface area contributed by atoms with Crippen molar-refractivity contribution in [1.29, 1.82) is 0 Å². The van der Waals surface area contributed by atoms with Crippen LogP contribution in [0.1, 0.15) is 16.7 Å². The summed E-state index contributed by atoms with van der Waals surface area (Å²) in [6, 6.07) is 9.50. The predicted molar refractivity (Wildman–Crippen MR) is 137 cm³/mol. The van der Waals surface area contributed by atoms with Gasteiger partial charge in [0.15, 0.2) is 0 Å². The van der Waals surface area contributed by atoms with Crippen LogP contribution in [0, 0.1) is 30.9 Å². The highest BCUT2D eigenvalue weighted by molar-refractivity contribution is 5.83. The van der Waals surface area contributed by atoms with E-state index in [2.05, 4.69) is 40.0 Å². The molecule has 8 heteroatoms. The number of hydrogen-bond donors (Lipinski definition) is 3. The van der Waals surface area contributed by atoms with Crippen LogP contribution in [-0.2, 0) is 6.54 Å². The van der Waals surface area contributed by atoms with E-state index in [0.29, 0.717) is 54.1 Å². The van der Waals surface area contributed by atoms with Crippen LogP contribution in [0.2, 0.25) is 0 Å². The smallest absolute Gasteiger partial charge is 0.225 e. The van der Waals surface area contributed by atoms with E-state index in [0.717, 1.165) is 16.7 Å². The van der Waals surface area contributed by atoms with Crippen LogP contribution in [0.3, 0.4) is 0 Å². The molecule has 2 heterocycles. The van der Waals surface area contributed by atoms with Gasteiger partial charge in [-0.05, 0) is 43.3 Å². The zero-order valence-electron chi connectivity index (χ0n) is 19.7. The molecule has 1 aromatic heterocycles. The number of benzene rings is 2. The molecule has 0 saturated heterocycles. The Morgan fingerprint density at radius 3 is 2.63 bits per heavy atom. The second-order valence-corrected chi connectivity index (χ2v) is 8.09. The first-order chi connectivity index (χ1) is 16.8. The summed E-state index contributed by atoms with van der Waals surface area (Å²) in [5, 5.41) is 9.38. The second-order valence-electron chi connectivity index (χ2n) is 8.09. The number of nitrogens with one attached hydrogen (secondary N) is 3. The van der Waals surface area contributed by atoms with Gasteiger partial charge in [0.05, 0.1) is 5.69 Å². The minimum atomic E-state index is -0.728. The SMILES string of the molecule is C#CC(=C)c1ccc(C)c(-c2nc(NCCNC)nc3c2CNC(=C)N3c2c(F)cccc2F)c1. The van der Waals surface area contributed by atoms with Crippen molar-refractivity contribution >= 4 is 23.0 Å². The first-order valence-electron chi connectivity index (χ1n) is 11.1. The molecule has 0 fully saturated rings. The molecule has 0 saturated carbocycles. The Balaban J connectivity index is 1.97. The van der Waals surface area contributed by atoms with E-state index >= 15 is 0 Å². The molecule has 0 atom stereocenters. The van der Waals surface area contributed by atoms with Crippen molar-refractivity contribution in [1.82, 2.24) is 20.6 Å². The molecule has 3 N–H and O–H groups in total. The van der Waals surface area contributed by atoms with E-state index in [9.17, 15) is 8.78 Å². The number of rotatable bonds is 7. The molecule has 1 aliphatic heterocycles. The summed E-state index contributed by atoms with van der Waals surface area (Å²) >= 11 is 0. The van der Waals surface area contributed by atoms with Crippen LogP contribution in [-0.4, -0.2) is 30.1 Å². The van der Waals surface area contributed by atoms with Gasteiger partial charge in [-0.2, -0.15) is 4.98 Å². The summed E-state index contributed by atoms with van der Waals surface area (Å²) in [6.07, 6.45) is 5.57. The van der Waals surface area contributed by atoms with Crippen LogP contribution in [0.25, 0.3) is 16.8 Å². The molecule has 0 amide bonds. The minimum Gasteiger partial charge on any atom is -0.367 e. The number of aromatic nitrogens is 2. The lowest BCUT2D eigenvalue weighted by Gasteiger charge is -2.34. The summed E-state index contributed by atoms with van der Waals surface area (Å²) in [7, 11) is 1.84. The van der Waals surface area contributed by atoms with Crippen molar-refractivity contribution in [3.8, 4) is 23.6 Å². The number of para-hydroxylation sites is 1. The molecular weight excluding hydrogens is 446 g/mol. The Hall–Kier alpha value is -4.22. The lowest BCUT2D eigenvalue weighted by atomic mass is 9.95. The molecular formula is C27H26F2N6. The predicted octanol–water partition coefficient (Wildman–Crippen LogP) is 4.72. The maximum atomic E-state index is 14.9. The van der Waals surface area contributed by atoms with Crippen LogP contribution in [0.5, 0.6) is 0 Å². The number of likely N-dealkylation sites (N-methyl/N-ethyl adjacent to an activating group) is 1. The first kappa shape index (κ1) is 23.9. The molecule has 3 aromatic rings.